The van der Waals surface area contributed by atoms with Gasteiger partial charge in [0.15, 0.2) is 5.78 Å². The molecular weight excluding hydrogens is 380 g/mol. The Labute approximate surface area is 169 Å². The Morgan fingerprint density at radius 2 is 1.62 bits per heavy atom. The lowest BCUT2D eigenvalue weighted by atomic mass is 9.61. The van der Waals surface area contributed by atoms with E-state index in [1.807, 2.05) is 0 Å². The van der Waals surface area contributed by atoms with Gasteiger partial charge in [0.05, 0.1) is 37.4 Å². The first-order valence-corrected chi connectivity index (χ1v) is 9.44. The van der Waals surface area contributed by atoms with Gasteiger partial charge >= 0.3 is 17.9 Å². The van der Waals surface area contributed by atoms with Crippen LogP contribution in [-0.4, -0.2) is 54.7 Å². The van der Waals surface area contributed by atoms with Gasteiger partial charge in [-0.3, -0.25) is 14.4 Å². The van der Waals surface area contributed by atoms with Gasteiger partial charge in [0, 0.05) is 12.3 Å². The number of Topliss-reactive ketones (excluding diaryl/α,β-unsaturated/α-hetero) is 1. The average molecular weight is 406 g/mol. The van der Waals surface area contributed by atoms with Crippen LogP contribution in [0.5, 0.6) is 0 Å². The standard InChI is InChI=1S/C21H26O8/c1-5-28-19(24)16-14(22)11-21(3,26)17(20(25)29-6-2)15(16)12-7-9-13(10-8-12)18(23)27-4/h7-10,15-17,26H,5-6,11H2,1-4H3. The Kier molecular flexibility index (Phi) is 7.13. The zero-order valence-electron chi connectivity index (χ0n) is 17.0. The molecule has 0 saturated heterocycles. The maximum absolute atomic E-state index is 12.8. The summed E-state index contributed by atoms with van der Waals surface area (Å²) in [5.74, 6) is -5.97. The van der Waals surface area contributed by atoms with E-state index in [-0.39, 0.29) is 25.2 Å². The van der Waals surface area contributed by atoms with Crippen LogP contribution >= 0.6 is 0 Å². The minimum atomic E-state index is -1.71. The highest BCUT2D eigenvalue weighted by Gasteiger charge is 2.57. The molecule has 1 aliphatic carbocycles. The van der Waals surface area contributed by atoms with Crippen LogP contribution in [0.15, 0.2) is 24.3 Å². The molecule has 0 aliphatic heterocycles. The smallest absolute Gasteiger partial charge is 0.337 e. The van der Waals surface area contributed by atoms with Gasteiger partial charge in [-0.2, -0.15) is 0 Å². The fourth-order valence-corrected chi connectivity index (χ4v) is 3.84. The number of carbonyl (C=O) groups excluding carboxylic acids is 4. The Morgan fingerprint density at radius 3 is 2.14 bits per heavy atom. The summed E-state index contributed by atoms with van der Waals surface area (Å²) < 4.78 is 14.9. The SMILES string of the molecule is CCOC(=O)C1C(=O)CC(C)(O)C(C(=O)OCC)C1c1ccc(C(=O)OC)cc1. The second kappa shape index (κ2) is 9.17. The molecule has 29 heavy (non-hydrogen) atoms. The molecule has 8 nitrogen and oxygen atoms in total. The third-order valence-corrected chi connectivity index (χ3v) is 5.06. The number of aliphatic hydroxyl groups is 1. The van der Waals surface area contributed by atoms with E-state index in [4.69, 9.17) is 9.47 Å². The highest BCUT2D eigenvalue weighted by Crippen LogP contribution is 2.46. The molecule has 0 heterocycles. The van der Waals surface area contributed by atoms with Gasteiger partial charge in [0.25, 0.3) is 0 Å². The molecule has 1 saturated carbocycles. The molecule has 0 bridgehead atoms. The van der Waals surface area contributed by atoms with Gasteiger partial charge in [-0.25, -0.2) is 4.79 Å². The summed E-state index contributed by atoms with van der Waals surface area (Å²) in [5, 5.41) is 10.9. The first kappa shape index (κ1) is 22.5. The zero-order valence-corrected chi connectivity index (χ0v) is 17.0. The van der Waals surface area contributed by atoms with Crippen LogP contribution in [0.3, 0.4) is 0 Å². The highest BCUT2D eigenvalue weighted by molar-refractivity contribution is 6.02. The molecule has 0 aromatic heterocycles. The van der Waals surface area contributed by atoms with Crippen molar-refractivity contribution in [3.05, 3.63) is 35.4 Å². The van der Waals surface area contributed by atoms with E-state index < -0.39 is 47.0 Å². The summed E-state index contributed by atoms with van der Waals surface area (Å²) in [7, 11) is 1.25. The van der Waals surface area contributed by atoms with Crippen molar-refractivity contribution in [2.75, 3.05) is 20.3 Å². The molecule has 1 aromatic rings. The lowest BCUT2D eigenvalue weighted by Gasteiger charge is -2.43. The van der Waals surface area contributed by atoms with E-state index in [2.05, 4.69) is 4.74 Å². The predicted octanol–water partition coefficient (Wildman–Crippen LogP) is 1.64. The van der Waals surface area contributed by atoms with Crippen LogP contribution in [0.4, 0.5) is 0 Å². The van der Waals surface area contributed by atoms with Crippen LogP contribution in [-0.2, 0) is 28.6 Å². The number of ether oxygens (including phenoxy) is 3. The number of methoxy groups -OCH3 is 1. The fraction of sp³-hybridized carbons (Fsp3) is 0.524. The van der Waals surface area contributed by atoms with Gasteiger partial charge in [-0.1, -0.05) is 12.1 Å². The van der Waals surface area contributed by atoms with Gasteiger partial charge in [0.2, 0.25) is 0 Å². The number of esters is 3. The minimum absolute atomic E-state index is 0.0665. The third-order valence-electron chi connectivity index (χ3n) is 5.06. The van der Waals surface area contributed by atoms with Crippen LogP contribution in [0.2, 0.25) is 0 Å². The highest BCUT2D eigenvalue weighted by atomic mass is 16.5. The van der Waals surface area contributed by atoms with Crippen molar-refractivity contribution in [1.82, 2.24) is 0 Å². The predicted molar refractivity (Wildman–Crippen MR) is 101 cm³/mol. The van der Waals surface area contributed by atoms with E-state index in [0.29, 0.717) is 5.56 Å². The molecule has 0 radical (unpaired) electrons. The molecule has 0 amide bonds. The Morgan fingerprint density at radius 1 is 1.07 bits per heavy atom. The van der Waals surface area contributed by atoms with Gasteiger partial charge in [0.1, 0.15) is 5.92 Å². The normalized spacial score (nSPS) is 26.5. The van der Waals surface area contributed by atoms with Crippen LogP contribution in [0.1, 0.15) is 49.0 Å². The minimum Gasteiger partial charge on any atom is -0.466 e. The van der Waals surface area contributed by atoms with Crippen molar-refractivity contribution in [2.24, 2.45) is 11.8 Å². The van der Waals surface area contributed by atoms with Crippen LogP contribution in [0.25, 0.3) is 0 Å². The monoisotopic (exact) mass is 406 g/mol. The topological polar surface area (TPSA) is 116 Å². The van der Waals surface area contributed by atoms with Crippen molar-refractivity contribution in [3.8, 4) is 0 Å². The summed E-state index contributed by atoms with van der Waals surface area (Å²) in [6.07, 6.45) is -0.378. The summed E-state index contributed by atoms with van der Waals surface area (Å²) in [6, 6.07) is 6.01. The van der Waals surface area contributed by atoms with E-state index in [1.54, 1.807) is 13.8 Å². The number of rotatable bonds is 6. The fourth-order valence-electron chi connectivity index (χ4n) is 3.84. The molecule has 2 rings (SSSR count). The molecule has 0 spiro atoms. The number of carbonyl (C=O) groups is 4. The van der Waals surface area contributed by atoms with Crippen molar-refractivity contribution in [3.63, 3.8) is 0 Å². The Hall–Kier alpha value is -2.74. The molecule has 158 valence electrons. The molecule has 4 atom stereocenters. The summed E-state index contributed by atoms with van der Waals surface area (Å²) in [6.45, 7) is 4.77. The largest absolute Gasteiger partial charge is 0.466 e. The number of hydrogen-bond acceptors (Lipinski definition) is 8. The zero-order chi connectivity index (χ0) is 21.8. The molecule has 1 N–H and O–H groups in total. The Balaban J connectivity index is 2.59. The van der Waals surface area contributed by atoms with Crippen LogP contribution in [0, 0.1) is 11.8 Å². The lowest BCUT2D eigenvalue weighted by molar-refractivity contribution is -0.172. The lowest BCUT2D eigenvalue weighted by Crippen LogP contribution is -2.55. The van der Waals surface area contributed by atoms with Gasteiger partial charge < -0.3 is 19.3 Å². The van der Waals surface area contributed by atoms with Crippen molar-refractivity contribution < 1.29 is 38.5 Å². The quantitative estimate of drug-likeness (QED) is 0.431. The van der Waals surface area contributed by atoms with Crippen molar-refractivity contribution in [2.45, 2.75) is 38.7 Å². The maximum atomic E-state index is 12.8. The van der Waals surface area contributed by atoms with Crippen molar-refractivity contribution in [1.29, 1.82) is 0 Å². The summed E-state index contributed by atoms with van der Waals surface area (Å²) in [5.41, 5.74) is -1.01. The van der Waals surface area contributed by atoms with Gasteiger partial charge in [-0.05, 0) is 38.5 Å². The third kappa shape index (κ3) is 4.64. The summed E-state index contributed by atoms with van der Waals surface area (Å²) in [4.78, 5) is 49.8. The average Bonchev–Trinajstić information content (AvgIpc) is 2.66. The summed E-state index contributed by atoms with van der Waals surface area (Å²) >= 11 is 0. The molecular formula is C21H26O8. The van der Waals surface area contributed by atoms with E-state index in [0.717, 1.165) is 0 Å². The molecule has 4 unspecified atom stereocenters. The van der Waals surface area contributed by atoms with E-state index in [1.165, 1.54) is 38.3 Å². The maximum Gasteiger partial charge on any atom is 0.337 e. The van der Waals surface area contributed by atoms with Gasteiger partial charge in [-0.15, -0.1) is 0 Å². The molecule has 1 aromatic carbocycles. The number of hydrogen-bond donors (Lipinski definition) is 1. The first-order valence-electron chi connectivity index (χ1n) is 9.44. The van der Waals surface area contributed by atoms with Crippen LogP contribution < -0.4 is 0 Å². The molecule has 8 heteroatoms. The second-order valence-corrected chi connectivity index (χ2v) is 7.10. The first-order chi connectivity index (χ1) is 13.7. The Bertz CT molecular complexity index is 780. The number of ketones is 1. The van der Waals surface area contributed by atoms with E-state index in [9.17, 15) is 24.3 Å². The van der Waals surface area contributed by atoms with Crippen molar-refractivity contribution >= 4 is 23.7 Å². The second-order valence-electron chi connectivity index (χ2n) is 7.10. The molecule has 1 aliphatic rings. The molecule has 1 fully saturated rings. The van der Waals surface area contributed by atoms with E-state index >= 15 is 0 Å². The number of benzene rings is 1.